The number of nitrogens with zero attached hydrogens (tertiary/aromatic N) is 6. The van der Waals surface area contributed by atoms with Gasteiger partial charge >= 0.3 is 0 Å². The molecular formula is C27H28N6O8S2. The van der Waals surface area contributed by atoms with Gasteiger partial charge < -0.3 is 14.4 Å². The number of aromatic nitrogens is 4. The first-order chi connectivity index (χ1) is 20.2. The van der Waals surface area contributed by atoms with E-state index in [1.807, 2.05) is 11.8 Å². The second kappa shape index (κ2) is 9.96. The van der Waals surface area contributed by atoms with Crippen LogP contribution in [0.1, 0.15) is 26.5 Å². The zero-order valence-corrected chi connectivity index (χ0v) is 25.3. The summed E-state index contributed by atoms with van der Waals surface area (Å²) in [6, 6.07) is 8.68. The third-order valence-electron chi connectivity index (χ3n) is 7.93. The van der Waals surface area contributed by atoms with Crippen molar-refractivity contribution >= 4 is 42.4 Å². The van der Waals surface area contributed by atoms with Crippen molar-refractivity contribution < 1.29 is 31.2 Å². The van der Waals surface area contributed by atoms with E-state index < -0.39 is 35.2 Å². The molecule has 0 amide bonds. The number of hydrogen-bond acceptors (Lipinski definition) is 12. The topological polar surface area (TPSA) is 177 Å². The number of fused-ring (bicyclic) bond motifs is 4. The fourth-order valence-electron chi connectivity index (χ4n) is 5.35. The van der Waals surface area contributed by atoms with Gasteiger partial charge in [0, 0.05) is 17.8 Å². The Balaban J connectivity index is 1.67. The summed E-state index contributed by atoms with van der Waals surface area (Å²) in [7, 11) is -7.91. The van der Waals surface area contributed by atoms with Gasteiger partial charge in [-0.1, -0.05) is 18.2 Å². The summed E-state index contributed by atoms with van der Waals surface area (Å²) in [5.41, 5.74) is -0.631. The van der Waals surface area contributed by atoms with Crippen LogP contribution in [-0.4, -0.2) is 78.8 Å². The fourth-order valence-corrected chi connectivity index (χ4v) is 7.16. The molecule has 0 aliphatic carbocycles. The third kappa shape index (κ3) is 4.51. The lowest BCUT2D eigenvalue weighted by Gasteiger charge is -2.45. The predicted molar refractivity (Wildman–Crippen MR) is 156 cm³/mol. The van der Waals surface area contributed by atoms with Crippen LogP contribution in [-0.2, 0) is 29.3 Å². The first-order valence-electron chi connectivity index (χ1n) is 13.3. The highest BCUT2D eigenvalue weighted by Crippen LogP contribution is 2.46. The molecule has 0 N–H and O–H groups in total. The molecule has 0 spiro atoms. The summed E-state index contributed by atoms with van der Waals surface area (Å²) < 4.78 is 64.2. The van der Waals surface area contributed by atoms with Gasteiger partial charge in [-0.05, 0) is 39.0 Å². The lowest BCUT2D eigenvalue weighted by molar-refractivity contribution is -0.384. The van der Waals surface area contributed by atoms with Gasteiger partial charge in [-0.2, -0.15) is 0 Å². The average molecular weight is 629 g/mol. The van der Waals surface area contributed by atoms with Crippen LogP contribution in [0.15, 0.2) is 53.7 Å². The van der Waals surface area contributed by atoms with Crippen molar-refractivity contribution in [3.05, 3.63) is 64.6 Å². The molecule has 0 radical (unpaired) electrons. The van der Waals surface area contributed by atoms with Crippen LogP contribution in [0.25, 0.3) is 22.4 Å². The molecule has 2 aliphatic rings. The lowest BCUT2D eigenvalue weighted by Crippen LogP contribution is -2.56. The molecule has 3 aromatic heterocycles. The van der Waals surface area contributed by atoms with Crippen molar-refractivity contribution in [3.8, 4) is 17.1 Å². The Hall–Kier alpha value is -4.15. The molecule has 14 nitrogen and oxygen atoms in total. The van der Waals surface area contributed by atoms with Crippen LogP contribution < -0.4 is 9.64 Å². The number of rotatable bonds is 6. The molecule has 5 heterocycles. The molecule has 0 saturated carbocycles. The second-order valence-electron chi connectivity index (χ2n) is 11.0. The summed E-state index contributed by atoms with van der Waals surface area (Å²) in [5.74, 6) is 0.281. The van der Waals surface area contributed by atoms with Crippen molar-refractivity contribution in [1.82, 2.24) is 18.9 Å². The molecule has 1 aromatic carbocycles. The van der Waals surface area contributed by atoms with E-state index in [-0.39, 0.29) is 63.3 Å². The van der Waals surface area contributed by atoms with Gasteiger partial charge in [-0.3, -0.25) is 10.1 Å². The van der Waals surface area contributed by atoms with E-state index in [0.29, 0.717) is 13.2 Å². The standard InChI is InChI=1S/C27H28N6O8S2/c1-16-13-40-14-17-15-41-22-23(27(2,3)42(4,36)37)29-24(30-26(22)32(16)17)21-19-10-11-31(25(19)28-12-20(21)33(34)35)43(38,39)18-8-6-5-7-9-18/h5-12,16-17H,13-15H2,1-4H3/t16-,17+/m0/s1. The van der Waals surface area contributed by atoms with Gasteiger partial charge in [0.25, 0.3) is 15.7 Å². The lowest BCUT2D eigenvalue weighted by atomic mass is 10.0. The van der Waals surface area contributed by atoms with Crippen LogP contribution >= 0.6 is 0 Å². The summed E-state index contributed by atoms with van der Waals surface area (Å²) in [4.78, 5) is 27.1. The van der Waals surface area contributed by atoms with Crippen LogP contribution in [0, 0.1) is 10.1 Å². The molecule has 226 valence electrons. The molecule has 0 unspecified atom stereocenters. The Kier molecular flexibility index (Phi) is 6.70. The van der Waals surface area contributed by atoms with Gasteiger partial charge in [0.15, 0.2) is 32.9 Å². The van der Waals surface area contributed by atoms with Gasteiger partial charge in [0.1, 0.15) is 28.8 Å². The van der Waals surface area contributed by atoms with Gasteiger partial charge in [-0.15, -0.1) is 0 Å². The minimum Gasteiger partial charge on any atom is -0.486 e. The molecule has 2 aliphatic heterocycles. The number of anilines is 1. The predicted octanol–water partition coefficient (Wildman–Crippen LogP) is 2.90. The SMILES string of the molecule is C[C@H]1COC[C@@H]2COc3c(nc(-c4c([N+](=O)[O-])cnc5c4ccn5S(=O)(=O)c4ccccc4)nc3C(C)(C)S(C)(=O)=O)N21. The van der Waals surface area contributed by atoms with E-state index in [2.05, 4.69) is 9.97 Å². The first-order valence-corrected chi connectivity index (χ1v) is 16.6. The van der Waals surface area contributed by atoms with Crippen molar-refractivity contribution in [3.63, 3.8) is 0 Å². The van der Waals surface area contributed by atoms with Crippen molar-refractivity contribution in [2.24, 2.45) is 0 Å². The Morgan fingerprint density at radius 3 is 2.44 bits per heavy atom. The zero-order chi connectivity index (χ0) is 30.9. The summed E-state index contributed by atoms with van der Waals surface area (Å²) >= 11 is 0. The van der Waals surface area contributed by atoms with E-state index in [0.717, 1.165) is 16.4 Å². The Bertz CT molecular complexity index is 1990. The molecule has 1 saturated heterocycles. The average Bonchev–Trinajstić information content (AvgIpc) is 3.41. The molecular weight excluding hydrogens is 600 g/mol. The smallest absolute Gasteiger partial charge is 0.299 e. The highest BCUT2D eigenvalue weighted by molar-refractivity contribution is 7.91. The molecule has 2 atom stereocenters. The third-order valence-corrected chi connectivity index (χ3v) is 11.7. The molecule has 4 aromatic rings. The van der Waals surface area contributed by atoms with Crippen LogP contribution in [0.2, 0.25) is 0 Å². The normalized spacial score (nSPS) is 19.0. The minimum atomic E-state index is -4.12. The highest BCUT2D eigenvalue weighted by Gasteiger charge is 2.44. The van der Waals surface area contributed by atoms with Crippen molar-refractivity contribution in [2.75, 3.05) is 31.0 Å². The van der Waals surface area contributed by atoms with Crippen LogP contribution in [0.4, 0.5) is 11.5 Å². The molecule has 1 fully saturated rings. The molecule has 43 heavy (non-hydrogen) atoms. The first kappa shape index (κ1) is 28.9. The summed E-state index contributed by atoms with van der Waals surface area (Å²) in [6.45, 7) is 5.80. The van der Waals surface area contributed by atoms with E-state index in [9.17, 15) is 26.9 Å². The molecule has 0 bridgehead atoms. The maximum atomic E-state index is 13.5. The van der Waals surface area contributed by atoms with Crippen molar-refractivity contribution in [2.45, 2.75) is 42.5 Å². The summed E-state index contributed by atoms with van der Waals surface area (Å²) in [5, 5.41) is 12.4. The van der Waals surface area contributed by atoms with E-state index in [4.69, 9.17) is 14.5 Å². The Morgan fingerprint density at radius 2 is 1.77 bits per heavy atom. The largest absolute Gasteiger partial charge is 0.486 e. The van der Waals surface area contributed by atoms with E-state index in [1.54, 1.807) is 18.2 Å². The fraction of sp³-hybridized carbons (Fsp3) is 0.370. The number of morpholine rings is 1. The molecule has 16 heteroatoms. The number of benzene rings is 1. The number of ether oxygens (including phenoxy) is 2. The van der Waals surface area contributed by atoms with Crippen molar-refractivity contribution in [1.29, 1.82) is 0 Å². The minimum absolute atomic E-state index is 0.000849. The van der Waals surface area contributed by atoms with Crippen LogP contribution in [0.5, 0.6) is 5.75 Å². The van der Waals surface area contributed by atoms with Gasteiger partial charge in [-0.25, -0.2) is 35.8 Å². The monoisotopic (exact) mass is 628 g/mol. The number of nitro groups is 1. The number of sulfone groups is 1. The van der Waals surface area contributed by atoms with Gasteiger partial charge in [0.05, 0.1) is 35.1 Å². The number of pyridine rings is 1. The zero-order valence-electron chi connectivity index (χ0n) is 23.7. The maximum Gasteiger partial charge on any atom is 0.299 e. The van der Waals surface area contributed by atoms with Gasteiger partial charge in [0.2, 0.25) is 0 Å². The Morgan fingerprint density at radius 1 is 1.05 bits per heavy atom. The van der Waals surface area contributed by atoms with Crippen LogP contribution in [0.3, 0.4) is 0 Å². The van der Waals surface area contributed by atoms with E-state index >= 15 is 0 Å². The van der Waals surface area contributed by atoms with E-state index in [1.165, 1.54) is 38.2 Å². The summed E-state index contributed by atoms with van der Waals surface area (Å²) in [6.07, 6.45) is 3.29. The maximum absolute atomic E-state index is 13.5. The second-order valence-corrected chi connectivity index (χ2v) is 15.4. The highest BCUT2D eigenvalue weighted by atomic mass is 32.2. The quantitative estimate of drug-likeness (QED) is 0.226. The Labute approximate surface area is 247 Å². The molecule has 6 rings (SSSR count). The number of hydrogen-bond donors (Lipinski definition) is 0.